The van der Waals surface area contributed by atoms with Crippen molar-refractivity contribution in [1.29, 1.82) is 0 Å². The van der Waals surface area contributed by atoms with Crippen LogP contribution in [-0.2, 0) is 7.05 Å². The minimum atomic E-state index is -2.95. The zero-order chi connectivity index (χ0) is 10.7. The van der Waals surface area contributed by atoms with Gasteiger partial charge in [0.25, 0.3) is 0 Å². The minimum Gasteiger partial charge on any atom is -0.415 e. The second-order valence-electron chi connectivity index (χ2n) is 2.36. The highest BCUT2D eigenvalue weighted by Crippen LogP contribution is 2.17. The number of aryl methyl sites for hydroxylation is 1. The van der Waals surface area contributed by atoms with Crippen LogP contribution in [0.2, 0.25) is 0 Å². The van der Waals surface area contributed by atoms with E-state index in [4.69, 9.17) is 5.73 Å². The third-order valence-corrected chi connectivity index (χ3v) is 1.32. The Kier molecular flexibility index (Phi) is 2.85. The monoisotopic (exact) mass is 206 g/mol. The van der Waals surface area contributed by atoms with Gasteiger partial charge in [0, 0.05) is 13.1 Å². The summed E-state index contributed by atoms with van der Waals surface area (Å²) in [5.74, 6) is -0.112. The highest BCUT2D eigenvalue weighted by atomic mass is 19.3. The summed E-state index contributed by atoms with van der Waals surface area (Å²) in [5.41, 5.74) is 4.82. The Hall–Kier alpha value is -1.86. The van der Waals surface area contributed by atoms with Gasteiger partial charge in [0.2, 0.25) is 5.88 Å². The van der Waals surface area contributed by atoms with Gasteiger partial charge in [-0.3, -0.25) is 5.32 Å². The first-order valence-corrected chi connectivity index (χ1v) is 3.54. The van der Waals surface area contributed by atoms with Gasteiger partial charge in [0.15, 0.2) is 0 Å². The van der Waals surface area contributed by atoms with Crippen LogP contribution in [0.5, 0.6) is 5.88 Å². The molecule has 0 fully saturated rings. The van der Waals surface area contributed by atoms with Gasteiger partial charge in [0.1, 0.15) is 5.82 Å². The zero-order valence-electron chi connectivity index (χ0n) is 7.20. The second-order valence-corrected chi connectivity index (χ2v) is 2.36. The molecule has 3 N–H and O–H groups in total. The average Bonchev–Trinajstić information content (AvgIpc) is 2.28. The van der Waals surface area contributed by atoms with Gasteiger partial charge in [-0.1, -0.05) is 0 Å². The van der Waals surface area contributed by atoms with E-state index in [1.165, 1.54) is 7.05 Å². The topological polar surface area (TPSA) is 82.2 Å². The van der Waals surface area contributed by atoms with E-state index in [-0.39, 0.29) is 11.7 Å². The van der Waals surface area contributed by atoms with Gasteiger partial charge < -0.3 is 10.5 Å². The Morgan fingerprint density at radius 3 is 2.93 bits per heavy atom. The molecule has 14 heavy (non-hydrogen) atoms. The number of halogens is 2. The number of amides is 2. The van der Waals surface area contributed by atoms with Crippen molar-refractivity contribution in [1.82, 2.24) is 9.78 Å². The van der Waals surface area contributed by atoms with Crippen molar-refractivity contribution in [3.05, 3.63) is 6.07 Å². The summed E-state index contributed by atoms with van der Waals surface area (Å²) in [6, 6.07) is 0.327. The lowest BCUT2D eigenvalue weighted by molar-refractivity contribution is -0.0531. The normalized spacial score (nSPS) is 10.3. The summed E-state index contributed by atoms with van der Waals surface area (Å²) in [6.07, 6.45) is 0. The molecule has 8 heteroatoms. The lowest BCUT2D eigenvalue weighted by Gasteiger charge is -1.98. The number of carbonyl (C=O) groups excluding carboxylic acids is 1. The number of carbonyl (C=O) groups is 1. The molecule has 0 aliphatic carbocycles. The van der Waals surface area contributed by atoms with Gasteiger partial charge in [-0.2, -0.15) is 8.78 Å². The molecule has 1 aromatic rings. The van der Waals surface area contributed by atoms with Crippen molar-refractivity contribution < 1.29 is 18.3 Å². The maximum absolute atomic E-state index is 11.7. The van der Waals surface area contributed by atoms with Crippen molar-refractivity contribution in [2.45, 2.75) is 6.61 Å². The summed E-state index contributed by atoms with van der Waals surface area (Å²) >= 11 is 0. The molecule has 0 saturated heterocycles. The van der Waals surface area contributed by atoms with Crippen LogP contribution in [0.3, 0.4) is 0 Å². The SMILES string of the molecule is Cn1nc(OC(F)F)cc1NC(N)=O. The molecule has 0 aliphatic rings. The van der Waals surface area contributed by atoms with Crippen molar-refractivity contribution in [3.8, 4) is 5.88 Å². The van der Waals surface area contributed by atoms with Gasteiger partial charge in [0.05, 0.1) is 0 Å². The molecule has 1 aromatic heterocycles. The van der Waals surface area contributed by atoms with Crippen LogP contribution in [0.25, 0.3) is 0 Å². The number of ether oxygens (including phenoxy) is 1. The molecule has 0 saturated carbocycles. The summed E-state index contributed by atoms with van der Waals surface area (Å²) in [6.45, 7) is -2.95. The van der Waals surface area contributed by atoms with Gasteiger partial charge in [-0.25, -0.2) is 9.48 Å². The van der Waals surface area contributed by atoms with E-state index < -0.39 is 12.6 Å². The van der Waals surface area contributed by atoms with Crippen molar-refractivity contribution in [3.63, 3.8) is 0 Å². The van der Waals surface area contributed by atoms with Crippen LogP contribution in [0.4, 0.5) is 19.4 Å². The number of nitrogens with two attached hydrogens (primary N) is 1. The highest BCUT2D eigenvalue weighted by Gasteiger charge is 2.11. The Labute approximate surface area is 77.6 Å². The zero-order valence-corrected chi connectivity index (χ0v) is 7.20. The molecule has 0 radical (unpaired) electrons. The van der Waals surface area contributed by atoms with E-state index in [1.807, 2.05) is 0 Å². The second kappa shape index (κ2) is 3.90. The first-order valence-electron chi connectivity index (χ1n) is 3.54. The number of urea groups is 1. The predicted molar refractivity (Wildman–Crippen MR) is 43.0 cm³/mol. The molecule has 0 spiro atoms. The van der Waals surface area contributed by atoms with Gasteiger partial charge in [-0.15, -0.1) is 5.10 Å². The molecule has 0 unspecified atom stereocenters. The molecule has 2 amide bonds. The van der Waals surface area contributed by atoms with E-state index in [9.17, 15) is 13.6 Å². The first-order chi connectivity index (χ1) is 6.49. The smallest absolute Gasteiger partial charge is 0.388 e. The fourth-order valence-corrected chi connectivity index (χ4v) is 0.833. The van der Waals surface area contributed by atoms with Crippen molar-refractivity contribution in [2.75, 3.05) is 5.32 Å². The van der Waals surface area contributed by atoms with Crippen LogP contribution in [0, 0.1) is 0 Å². The van der Waals surface area contributed by atoms with E-state index >= 15 is 0 Å². The lowest BCUT2D eigenvalue weighted by atomic mass is 10.6. The summed E-state index contributed by atoms with van der Waals surface area (Å²) in [4.78, 5) is 10.4. The number of alkyl halides is 2. The van der Waals surface area contributed by atoms with Crippen molar-refractivity contribution in [2.24, 2.45) is 12.8 Å². The summed E-state index contributed by atoms with van der Waals surface area (Å²) < 4.78 is 28.6. The average molecular weight is 206 g/mol. The van der Waals surface area contributed by atoms with Crippen LogP contribution in [-0.4, -0.2) is 22.4 Å². The highest BCUT2D eigenvalue weighted by molar-refractivity contribution is 5.86. The third kappa shape index (κ3) is 2.57. The number of hydrogen-bond donors (Lipinski definition) is 2. The molecule has 0 aliphatic heterocycles. The Morgan fingerprint density at radius 1 is 1.79 bits per heavy atom. The number of hydrogen-bond acceptors (Lipinski definition) is 3. The molecule has 78 valence electrons. The fraction of sp³-hybridized carbons (Fsp3) is 0.333. The van der Waals surface area contributed by atoms with Crippen LogP contribution < -0.4 is 15.8 Å². The molecule has 0 bridgehead atoms. The van der Waals surface area contributed by atoms with E-state index in [0.29, 0.717) is 0 Å². The molecular formula is C6H8F2N4O2. The quantitative estimate of drug-likeness (QED) is 0.755. The van der Waals surface area contributed by atoms with Gasteiger partial charge >= 0.3 is 12.6 Å². The predicted octanol–water partition coefficient (Wildman–Crippen LogP) is 0.512. The lowest BCUT2D eigenvalue weighted by Crippen LogP contribution is -2.20. The maximum Gasteiger partial charge on any atom is 0.388 e. The summed E-state index contributed by atoms with van der Waals surface area (Å²) in [7, 11) is 1.45. The Balaban J connectivity index is 2.76. The van der Waals surface area contributed by atoms with Crippen molar-refractivity contribution >= 4 is 11.8 Å². The standard InChI is InChI=1S/C6H8F2N4O2/c1-12-3(10-6(9)13)2-4(11-12)14-5(7)8/h2,5H,1H3,(H3,9,10,13). The summed E-state index contributed by atoms with van der Waals surface area (Å²) in [5, 5.41) is 5.73. The van der Waals surface area contributed by atoms with Crippen LogP contribution in [0.15, 0.2) is 6.07 Å². The molecule has 1 heterocycles. The fourth-order valence-electron chi connectivity index (χ4n) is 0.833. The van der Waals surface area contributed by atoms with E-state index in [1.54, 1.807) is 0 Å². The van der Waals surface area contributed by atoms with E-state index in [2.05, 4.69) is 15.2 Å². The first kappa shape index (κ1) is 10.2. The number of anilines is 1. The van der Waals surface area contributed by atoms with Gasteiger partial charge in [-0.05, 0) is 0 Å². The molecule has 0 aromatic carbocycles. The number of aromatic nitrogens is 2. The number of primary amides is 1. The number of rotatable bonds is 3. The molecule has 0 atom stereocenters. The Morgan fingerprint density at radius 2 is 2.43 bits per heavy atom. The third-order valence-electron chi connectivity index (χ3n) is 1.32. The number of nitrogens with one attached hydrogen (secondary N) is 1. The van der Waals surface area contributed by atoms with Crippen LogP contribution >= 0.6 is 0 Å². The maximum atomic E-state index is 11.7. The largest absolute Gasteiger partial charge is 0.415 e. The molecule has 6 nitrogen and oxygen atoms in total. The Bertz CT molecular complexity index is 339. The van der Waals surface area contributed by atoms with Crippen LogP contribution in [0.1, 0.15) is 0 Å². The molecule has 1 rings (SSSR count). The van der Waals surface area contributed by atoms with E-state index in [0.717, 1.165) is 10.7 Å². The minimum absolute atomic E-state index is 0.174. The number of nitrogens with zero attached hydrogens (tertiary/aromatic N) is 2. The molecular weight excluding hydrogens is 198 g/mol.